The van der Waals surface area contributed by atoms with E-state index in [-0.39, 0.29) is 37.9 Å². The lowest BCUT2D eigenvalue weighted by atomic mass is 10.0. The summed E-state index contributed by atoms with van der Waals surface area (Å²) in [7, 11) is 0. The van der Waals surface area contributed by atoms with E-state index in [0.29, 0.717) is 16.7 Å². The van der Waals surface area contributed by atoms with E-state index in [4.69, 9.17) is 10.8 Å². The number of nitrogens with one attached hydrogen (secondary N) is 3. The summed E-state index contributed by atoms with van der Waals surface area (Å²) in [6.45, 7) is 0. The van der Waals surface area contributed by atoms with Gasteiger partial charge in [0.1, 0.15) is 23.9 Å². The van der Waals surface area contributed by atoms with Gasteiger partial charge in [-0.3, -0.25) is 19.2 Å². The number of phenols is 1. The van der Waals surface area contributed by atoms with Crippen molar-refractivity contribution >= 4 is 29.7 Å². The number of carboxylic acids is 2. The maximum Gasteiger partial charge on any atom is 0.326 e. The number of nitrogens with two attached hydrogens (primary N) is 1. The molecule has 0 heterocycles. The lowest BCUT2D eigenvalue weighted by Gasteiger charge is -2.25. The van der Waals surface area contributed by atoms with Crippen molar-refractivity contribution in [2.24, 2.45) is 5.73 Å². The van der Waals surface area contributed by atoms with Crippen molar-refractivity contribution in [3.8, 4) is 5.75 Å². The molecular weight excluding hydrogens is 568 g/mol. The molecule has 0 aliphatic carbocycles. The molecule has 0 spiro atoms. The Morgan fingerprint density at radius 3 is 1.45 bits per heavy atom. The van der Waals surface area contributed by atoms with E-state index in [9.17, 15) is 34.2 Å². The van der Waals surface area contributed by atoms with Gasteiger partial charge in [0, 0.05) is 25.7 Å². The third kappa shape index (κ3) is 10.9. The highest BCUT2D eigenvalue weighted by Crippen LogP contribution is 2.13. The lowest BCUT2D eigenvalue weighted by molar-refractivity contribution is -0.142. The minimum absolute atomic E-state index is 0.00235. The van der Waals surface area contributed by atoms with Crippen molar-refractivity contribution < 1.29 is 39.3 Å². The number of carbonyl (C=O) groups is 5. The van der Waals surface area contributed by atoms with Crippen LogP contribution in [0.3, 0.4) is 0 Å². The molecule has 3 aromatic rings. The molecule has 0 aliphatic rings. The van der Waals surface area contributed by atoms with E-state index in [0.717, 1.165) is 0 Å². The summed E-state index contributed by atoms with van der Waals surface area (Å²) in [6, 6.07) is 18.5. The minimum atomic E-state index is -1.30. The highest BCUT2D eigenvalue weighted by molar-refractivity contribution is 5.94. The number of amides is 3. The monoisotopic (exact) mass is 604 g/mol. The van der Waals surface area contributed by atoms with Crippen LogP contribution in [0.5, 0.6) is 5.75 Å². The van der Waals surface area contributed by atoms with Gasteiger partial charge in [0.25, 0.3) is 0 Å². The number of rotatable bonds is 16. The summed E-state index contributed by atoms with van der Waals surface area (Å²) < 4.78 is 0. The average Bonchev–Trinajstić information content (AvgIpc) is 3.00. The normalized spacial score (nSPS) is 13.5. The van der Waals surface area contributed by atoms with Crippen LogP contribution in [0.1, 0.15) is 29.5 Å². The van der Waals surface area contributed by atoms with Gasteiger partial charge in [0.15, 0.2) is 0 Å². The van der Waals surface area contributed by atoms with Crippen LogP contribution in [0.15, 0.2) is 84.9 Å². The summed E-state index contributed by atoms with van der Waals surface area (Å²) in [5, 5.41) is 36.2. The third-order valence-corrected chi connectivity index (χ3v) is 6.83. The molecule has 4 atom stereocenters. The second kappa shape index (κ2) is 16.4. The van der Waals surface area contributed by atoms with Gasteiger partial charge in [-0.15, -0.1) is 0 Å². The van der Waals surface area contributed by atoms with Crippen molar-refractivity contribution in [3.05, 3.63) is 102 Å². The van der Waals surface area contributed by atoms with Crippen LogP contribution in [0.2, 0.25) is 0 Å². The van der Waals surface area contributed by atoms with Gasteiger partial charge in [-0.1, -0.05) is 72.8 Å². The Labute approximate surface area is 254 Å². The molecule has 0 aromatic heterocycles. The number of aromatic hydroxyl groups is 1. The van der Waals surface area contributed by atoms with Crippen LogP contribution in [0, 0.1) is 0 Å². The van der Waals surface area contributed by atoms with E-state index in [1.807, 2.05) is 0 Å². The van der Waals surface area contributed by atoms with E-state index in [2.05, 4.69) is 16.0 Å². The molecule has 44 heavy (non-hydrogen) atoms. The molecule has 0 bridgehead atoms. The quantitative estimate of drug-likeness (QED) is 0.125. The summed E-state index contributed by atoms with van der Waals surface area (Å²) in [4.78, 5) is 63.0. The Kier molecular flexibility index (Phi) is 12.4. The van der Waals surface area contributed by atoms with Crippen molar-refractivity contribution in [1.29, 1.82) is 0 Å². The van der Waals surface area contributed by atoms with Crippen molar-refractivity contribution in [2.45, 2.75) is 56.3 Å². The number of hydrogen-bond donors (Lipinski definition) is 7. The van der Waals surface area contributed by atoms with Gasteiger partial charge < -0.3 is 37.0 Å². The van der Waals surface area contributed by atoms with Crippen LogP contribution < -0.4 is 21.7 Å². The standard InChI is InChI=1S/C32H36N4O8/c33-24(15-16-28(38)39)29(40)34-25(17-20-7-3-1-4-8-20)30(41)35-26(18-22-11-13-23(37)14-12-22)31(42)36-27(32(43)44)19-21-9-5-2-6-10-21/h1-14,24-27,37H,15-19,33H2,(H,34,40)(H,35,41)(H,36,42)(H,38,39)(H,43,44). The number of carboxylic acid groups (broad SMARTS) is 2. The highest BCUT2D eigenvalue weighted by atomic mass is 16.4. The van der Waals surface area contributed by atoms with Gasteiger partial charge in [0.2, 0.25) is 17.7 Å². The molecule has 3 aromatic carbocycles. The Morgan fingerprint density at radius 1 is 0.591 bits per heavy atom. The first-order chi connectivity index (χ1) is 21.0. The largest absolute Gasteiger partial charge is 0.508 e. The fourth-order valence-electron chi connectivity index (χ4n) is 4.42. The lowest BCUT2D eigenvalue weighted by Crippen LogP contribution is -2.58. The predicted molar refractivity (Wildman–Crippen MR) is 160 cm³/mol. The molecule has 0 radical (unpaired) electrons. The Hall–Kier alpha value is -5.23. The molecule has 3 rings (SSSR count). The summed E-state index contributed by atoms with van der Waals surface area (Å²) >= 11 is 0. The third-order valence-electron chi connectivity index (χ3n) is 6.83. The van der Waals surface area contributed by atoms with Crippen molar-refractivity contribution in [2.75, 3.05) is 0 Å². The first-order valence-electron chi connectivity index (χ1n) is 14.0. The molecule has 0 aliphatic heterocycles. The van der Waals surface area contributed by atoms with Gasteiger partial charge in [-0.2, -0.15) is 0 Å². The van der Waals surface area contributed by atoms with Crippen molar-refractivity contribution in [1.82, 2.24) is 16.0 Å². The SMILES string of the molecule is NC(CCC(=O)O)C(=O)NC(Cc1ccccc1)C(=O)NC(Cc1ccc(O)cc1)C(=O)NC(Cc1ccccc1)C(=O)O. The van der Waals surface area contributed by atoms with Crippen LogP contribution in [0.4, 0.5) is 0 Å². The predicted octanol–water partition coefficient (Wildman–Crippen LogP) is 1.15. The second-order valence-corrected chi connectivity index (χ2v) is 10.3. The molecule has 232 valence electrons. The molecule has 4 unspecified atom stereocenters. The van der Waals surface area contributed by atoms with E-state index < -0.39 is 53.8 Å². The van der Waals surface area contributed by atoms with E-state index in [1.54, 1.807) is 72.8 Å². The fraction of sp³-hybridized carbons (Fsp3) is 0.281. The first kappa shape index (κ1) is 33.3. The van der Waals surface area contributed by atoms with Crippen LogP contribution in [-0.2, 0) is 43.2 Å². The molecule has 12 nitrogen and oxygen atoms in total. The van der Waals surface area contributed by atoms with Gasteiger partial charge >= 0.3 is 11.9 Å². The number of benzene rings is 3. The highest BCUT2D eigenvalue weighted by Gasteiger charge is 2.31. The topological polar surface area (TPSA) is 208 Å². The zero-order chi connectivity index (χ0) is 32.1. The zero-order valence-electron chi connectivity index (χ0n) is 23.9. The van der Waals surface area contributed by atoms with Gasteiger partial charge in [0.05, 0.1) is 6.04 Å². The summed E-state index contributed by atoms with van der Waals surface area (Å²) in [6.07, 6.45) is -0.511. The Bertz CT molecular complexity index is 1420. The van der Waals surface area contributed by atoms with Gasteiger partial charge in [-0.05, 0) is 35.2 Å². The summed E-state index contributed by atoms with van der Waals surface area (Å²) in [5.41, 5.74) is 7.82. The minimum Gasteiger partial charge on any atom is -0.508 e. The smallest absolute Gasteiger partial charge is 0.326 e. The van der Waals surface area contributed by atoms with Gasteiger partial charge in [-0.25, -0.2) is 4.79 Å². The molecule has 3 amide bonds. The maximum atomic E-state index is 13.6. The number of aliphatic carboxylic acids is 2. The van der Waals surface area contributed by atoms with Crippen LogP contribution >= 0.6 is 0 Å². The second-order valence-electron chi connectivity index (χ2n) is 10.3. The molecule has 8 N–H and O–H groups in total. The van der Waals surface area contributed by atoms with E-state index >= 15 is 0 Å². The fourth-order valence-corrected chi connectivity index (χ4v) is 4.42. The van der Waals surface area contributed by atoms with Crippen LogP contribution in [0.25, 0.3) is 0 Å². The Balaban J connectivity index is 1.84. The zero-order valence-corrected chi connectivity index (χ0v) is 23.9. The summed E-state index contributed by atoms with van der Waals surface area (Å²) in [5.74, 6) is -4.63. The average molecular weight is 605 g/mol. The number of carbonyl (C=O) groups excluding carboxylic acids is 3. The molecular formula is C32H36N4O8. The Morgan fingerprint density at radius 2 is 1.00 bits per heavy atom. The maximum absolute atomic E-state index is 13.6. The van der Waals surface area contributed by atoms with Crippen LogP contribution in [-0.4, -0.2) is 69.1 Å². The van der Waals surface area contributed by atoms with Crippen molar-refractivity contribution in [3.63, 3.8) is 0 Å². The molecule has 0 fully saturated rings. The molecule has 12 heteroatoms. The number of phenolic OH excluding ortho intramolecular Hbond substituents is 1. The first-order valence-corrected chi connectivity index (χ1v) is 14.0. The number of hydrogen-bond acceptors (Lipinski definition) is 7. The van der Waals surface area contributed by atoms with E-state index in [1.165, 1.54) is 12.1 Å². The molecule has 0 saturated heterocycles. The molecule has 0 saturated carbocycles.